The van der Waals surface area contributed by atoms with Crippen molar-refractivity contribution in [2.24, 2.45) is 0 Å². The first kappa shape index (κ1) is 10.0. The van der Waals surface area contributed by atoms with Crippen LogP contribution in [0.2, 0.25) is 0 Å². The molecule has 0 spiro atoms. The molecule has 0 radical (unpaired) electrons. The maximum atomic E-state index is 11.6. The number of anilines is 2. The van der Waals surface area contributed by atoms with E-state index in [1.807, 2.05) is 0 Å². The predicted octanol–water partition coefficient (Wildman–Crippen LogP) is 0.706. The quantitative estimate of drug-likeness (QED) is 0.769. The minimum atomic E-state index is -0.285. The smallest absolute Gasteiger partial charge is 0.258 e. The molecule has 0 unspecified atom stereocenters. The summed E-state index contributed by atoms with van der Waals surface area (Å²) < 4.78 is 0. The number of carbonyl (C=O) groups excluding carboxylic acids is 1. The molecule has 2 aromatic rings. The number of nitrogens with zero attached hydrogens (tertiary/aromatic N) is 3. The molecule has 3 N–H and O–H groups in total. The fourth-order valence-corrected chi connectivity index (χ4v) is 1.09. The molecule has 2 rings (SSSR count). The minimum Gasteiger partial charge on any atom is -0.397 e. The van der Waals surface area contributed by atoms with Crippen LogP contribution in [-0.4, -0.2) is 21.1 Å². The van der Waals surface area contributed by atoms with Gasteiger partial charge in [-0.05, 0) is 18.2 Å². The summed E-state index contributed by atoms with van der Waals surface area (Å²) in [6.07, 6.45) is 4.30. The molecular formula is C10H9N5O. The first-order chi connectivity index (χ1) is 7.75. The summed E-state index contributed by atoms with van der Waals surface area (Å²) in [7, 11) is 0. The number of pyridine rings is 1. The summed E-state index contributed by atoms with van der Waals surface area (Å²) in [5.41, 5.74) is 6.44. The van der Waals surface area contributed by atoms with Gasteiger partial charge in [0, 0.05) is 0 Å². The van der Waals surface area contributed by atoms with Gasteiger partial charge in [0.05, 0.1) is 29.8 Å². The van der Waals surface area contributed by atoms with Gasteiger partial charge in [0.25, 0.3) is 5.91 Å². The second-order valence-corrected chi connectivity index (χ2v) is 3.06. The molecule has 0 atom stereocenters. The minimum absolute atomic E-state index is 0.285. The van der Waals surface area contributed by atoms with Gasteiger partial charge in [-0.15, -0.1) is 0 Å². The van der Waals surface area contributed by atoms with Crippen molar-refractivity contribution in [3.63, 3.8) is 0 Å². The second-order valence-electron chi connectivity index (χ2n) is 3.06. The number of nitrogens with two attached hydrogens (primary N) is 1. The Morgan fingerprint density at radius 3 is 2.69 bits per heavy atom. The summed E-state index contributed by atoms with van der Waals surface area (Å²) in [5, 5.41) is 9.81. The van der Waals surface area contributed by atoms with Crippen molar-refractivity contribution in [2.45, 2.75) is 0 Å². The van der Waals surface area contributed by atoms with E-state index in [-0.39, 0.29) is 5.91 Å². The normalized spacial score (nSPS) is 9.75. The fourth-order valence-electron chi connectivity index (χ4n) is 1.09. The van der Waals surface area contributed by atoms with Crippen LogP contribution in [0.4, 0.5) is 11.5 Å². The third-order valence-electron chi connectivity index (χ3n) is 1.87. The van der Waals surface area contributed by atoms with E-state index in [0.717, 1.165) is 0 Å². The van der Waals surface area contributed by atoms with Gasteiger partial charge < -0.3 is 11.1 Å². The van der Waals surface area contributed by atoms with Crippen molar-refractivity contribution in [2.75, 3.05) is 11.1 Å². The van der Waals surface area contributed by atoms with Crippen molar-refractivity contribution in [3.8, 4) is 0 Å². The van der Waals surface area contributed by atoms with Crippen LogP contribution in [0.1, 0.15) is 10.4 Å². The SMILES string of the molecule is Nc1ccc(NC(=O)c2ccnnc2)nc1. The summed E-state index contributed by atoms with van der Waals surface area (Å²) in [6.45, 7) is 0. The lowest BCUT2D eigenvalue weighted by molar-refractivity contribution is 0.102. The zero-order valence-corrected chi connectivity index (χ0v) is 8.29. The topological polar surface area (TPSA) is 93.8 Å². The lowest BCUT2D eigenvalue weighted by atomic mass is 10.3. The Kier molecular flexibility index (Phi) is 2.73. The molecule has 0 bridgehead atoms. The van der Waals surface area contributed by atoms with Crippen LogP contribution in [0.3, 0.4) is 0 Å². The van der Waals surface area contributed by atoms with E-state index in [1.54, 1.807) is 18.2 Å². The third-order valence-corrected chi connectivity index (χ3v) is 1.87. The summed E-state index contributed by atoms with van der Waals surface area (Å²) in [6, 6.07) is 4.86. The molecule has 0 fully saturated rings. The maximum absolute atomic E-state index is 11.6. The number of hydrogen-bond donors (Lipinski definition) is 2. The lowest BCUT2D eigenvalue weighted by Gasteiger charge is -2.03. The molecule has 0 saturated carbocycles. The highest BCUT2D eigenvalue weighted by Gasteiger charge is 2.06. The first-order valence-electron chi connectivity index (χ1n) is 4.55. The Balaban J connectivity index is 2.11. The zero-order valence-electron chi connectivity index (χ0n) is 8.29. The van der Waals surface area contributed by atoms with Crippen molar-refractivity contribution in [1.82, 2.24) is 15.2 Å². The summed E-state index contributed by atoms with van der Waals surface area (Å²) in [5.74, 6) is 0.156. The van der Waals surface area contributed by atoms with Crippen molar-refractivity contribution >= 4 is 17.4 Å². The molecule has 2 heterocycles. The Labute approximate surface area is 91.5 Å². The highest BCUT2D eigenvalue weighted by Crippen LogP contribution is 2.07. The van der Waals surface area contributed by atoms with E-state index in [4.69, 9.17) is 5.73 Å². The number of rotatable bonds is 2. The van der Waals surface area contributed by atoms with Gasteiger partial charge in [0.1, 0.15) is 5.82 Å². The first-order valence-corrected chi connectivity index (χ1v) is 4.55. The average Bonchev–Trinajstić information content (AvgIpc) is 2.33. The summed E-state index contributed by atoms with van der Waals surface area (Å²) >= 11 is 0. The summed E-state index contributed by atoms with van der Waals surface area (Å²) in [4.78, 5) is 15.6. The van der Waals surface area contributed by atoms with E-state index in [9.17, 15) is 4.79 Å². The molecule has 6 nitrogen and oxygen atoms in total. The highest BCUT2D eigenvalue weighted by molar-refractivity contribution is 6.03. The van der Waals surface area contributed by atoms with Crippen LogP contribution in [0.25, 0.3) is 0 Å². The van der Waals surface area contributed by atoms with E-state index >= 15 is 0 Å². The number of carbonyl (C=O) groups is 1. The van der Waals surface area contributed by atoms with Crippen molar-refractivity contribution < 1.29 is 4.79 Å². The molecule has 2 aromatic heterocycles. The van der Waals surface area contributed by atoms with Gasteiger partial charge in [-0.3, -0.25) is 4.79 Å². The van der Waals surface area contributed by atoms with E-state index in [0.29, 0.717) is 17.1 Å². The van der Waals surface area contributed by atoms with Crippen LogP contribution < -0.4 is 11.1 Å². The number of nitrogens with one attached hydrogen (secondary N) is 1. The molecule has 0 aliphatic heterocycles. The zero-order chi connectivity index (χ0) is 11.4. The molecule has 0 saturated heterocycles. The molecule has 80 valence electrons. The van der Waals surface area contributed by atoms with Gasteiger partial charge >= 0.3 is 0 Å². The van der Waals surface area contributed by atoms with Crippen LogP contribution in [0.5, 0.6) is 0 Å². The molecule has 6 heteroatoms. The van der Waals surface area contributed by atoms with Gasteiger partial charge in [0.15, 0.2) is 0 Å². The molecule has 16 heavy (non-hydrogen) atoms. The average molecular weight is 215 g/mol. The van der Waals surface area contributed by atoms with Crippen molar-refractivity contribution in [3.05, 3.63) is 42.4 Å². The van der Waals surface area contributed by atoms with Crippen LogP contribution in [0.15, 0.2) is 36.8 Å². The lowest BCUT2D eigenvalue weighted by Crippen LogP contribution is -2.13. The highest BCUT2D eigenvalue weighted by atomic mass is 16.1. The largest absolute Gasteiger partial charge is 0.397 e. The number of amides is 1. The molecule has 0 aliphatic carbocycles. The third kappa shape index (κ3) is 2.30. The van der Waals surface area contributed by atoms with Crippen molar-refractivity contribution in [1.29, 1.82) is 0 Å². The Morgan fingerprint density at radius 2 is 2.06 bits per heavy atom. The van der Waals surface area contributed by atoms with Gasteiger partial charge in [0.2, 0.25) is 0 Å². The van der Waals surface area contributed by atoms with Crippen LogP contribution in [0, 0.1) is 0 Å². The fraction of sp³-hybridized carbons (Fsp3) is 0. The number of nitrogen functional groups attached to an aromatic ring is 1. The van der Waals surface area contributed by atoms with E-state index in [2.05, 4.69) is 20.5 Å². The standard InChI is InChI=1S/C10H9N5O/c11-8-1-2-9(12-6-8)15-10(16)7-3-4-13-14-5-7/h1-6H,11H2,(H,12,15,16). The Morgan fingerprint density at radius 1 is 1.19 bits per heavy atom. The van der Waals surface area contributed by atoms with E-state index < -0.39 is 0 Å². The number of hydrogen-bond acceptors (Lipinski definition) is 5. The van der Waals surface area contributed by atoms with Crippen LogP contribution >= 0.6 is 0 Å². The molecule has 0 aromatic carbocycles. The van der Waals surface area contributed by atoms with E-state index in [1.165, 1.54) is 18.6 Å². The predicted molar refractivity (Wildman–Crippen MR) is 58.6 cm³/mol. The number of aromatic nitrogens is 3. The van der Waals surface area contributed by atoms with Gasteiger partial charge in [-0.25, -0.2) is 4.98 Å². The Bertz CT molecular complexity index is 482. The second kappa shape index (κ2) is 4.35. The monoisotopic (exact) mass is 215 g/mol. The molecule has 1 amide bonds. The molecular weight excluding hydrogens is 206 g/mol. The molecule has 0 aliphatic rings. The van der Waals surface area contributed by atoms with Gasteiger partial charge in [-0.2, -0.15) is 10.2 Å². The van der Waals surface area contributed by atoms with Crippen LogP contribution in [-0.2, 0) is 0 Å². The van der Waals surface area contributed by atoms with Gasteiger partial charge in [-0.1, -0.05) is 0 Å². The Hall–Kier alpha value is -2.50. The maximum Gasteiger partial charge on any atom is 0.258 e.